The van der Waals surface area contributed by atoms with E-state index in [-0.39, 0.29) is 0 Å². The molecule has 0 aliphatic carbocycles. The van der Waals surface area contributed by atoms with Gasteiger partial charge in [-0.05, 0) is 67.1 Å². The Kier molecular flexibility index (Phi) is 4.53. The summed E-state index contributed by atoms with van der Waals surface area (Å²) in [5, 5.41) is 16.6. The predicted molar refractivity (Wildman–Crippen MR) is 96.6 cm³/mol. The summed E-state index contributed by atoms with van der Waals surface area (Å²) < 4.78 is 1.78. The molecule has 0 spiro atoms. The third kappa shape index (κ3) is 3.26. The molecule has 124 valence electrons. The second-order valence-electron chi connectivity index (χ2n) is 6.07. The minimum atomic E-state index is -0.414. The minimum Gasteiger partial charge on any atom is -0.373 e. The van der Waals surface area contributed by atoms with Gasteiger partial charge in [-0.3, -0.25) is 0 Å². The second-order valence-corrected chi connectivity index (χ2v) is 6.50. The molecule has 1 aromatic heterocycles. The van der Waals surface area contributed by atoms with Crippen molar-refractivity contribution in [1.29, 1.82) is 0 Å². The number of nitrogens with one attached hydrogen (secondary N) is 1. The van der Waals surface area contributed by atoms with E-state index in [1.54, 1.807) is 4.68 Å². The van der Waals surface area contributed by atoms with E-state index in [0.29, 0.717) is 5.02 Å². The first-order valence-corrected chi connectivity index (χ1v) is 8.29. The van der Waals surface area contributed by atoms with Gasteiger partial charge in [-0.25, -0.2) is 0 Å². The van der Waals surface area contributed by atoms with Crippen LogP contribution in [0.5, 0.6) is 0 Å². The summed E-state index contributed by atoms with van der Waals surface area (Å²) in [7, 11) is 0. The van der Waals surface area contributed by atoms with Gasteiger partial charge < -0.3 is 5.32 Å². The van der Waals surface area contributed by atoms with Gasteiger partial charge in [-0.15, -0.1) is 5.10 Å². The van der Waals surface area contributed by atoms with E-state index in [1.807, 2.05) is 36.4 Å². The Bertz CT molecular complexity index is 810. The molecular weight excluding hydrogens is 322 g/mol. The van der Waals surface area contributed by atoms with E-state index >= 15 is 0 Å². The molecule has 24 heavy (non-hydrogen) atoms. The molecule has 0 unspecified atom stereocenters. The van der Waals surface area contributed by atoms with Gasteiger partial charge in [-0.2, -0.15) is 4.68 Å². The number of benzene rings is 2. The number of halogens is 1. The summed E-state index contributed by atoms with van der Waals surface area (Å²) in [5.74, 6) is 0.767. The highest BCUT2D eigenvalue weighted by Gasteiger charge is 2.31. The molecule has 0 saturated heterocycles. The number of aromatic nitrogens is 4. The number of tetrazole rings is 1. The quantitative estimate of drug-likeness (QED) is 0.749. The van der Waals surface area contributed by atoms with Crippen LogP contribution in [0.1, 0.15) is 31.7 Å². The lowest BCUT2D eigenvalue weighted by molar-refractivity contribution is 0.474. The largest absolute Gasteiger partial charge is 0.373 e. The van der Waals surface area contributed by atoms with Crippen LogP contribution >= 0.6 is 11.6 Å². The number of anilines is 1. The number of rotatable bonds is 5. The third-order valence-corrected chi connectivity index (χ3v) is 4.47. The lowest BCUT2D eigenvalue weighted by Gasteiger charge is -2.29. The van der Waals surface area contributed by atoms with Gasteiger partial charge in [-0.1, -0.05) is 36.2 Å². The average Bonchev–Trinajstić information content (AvgIpc) is 3.08. The first-order chi connectivity index (χ1) is 11.5. The lowest BCUT2D eigenvalue weighted by atomic mass is 9.97. The van der Waals surface area contributed by atoms with Crippen LogP contribution in [0.4, 0.5) is 5.69 Å². The normalized spacial score (nSPS) is 13.5. The van der Waals surface area contributed by atoms with Gasteiger partial charge in [0.15, 0.2) is 5.82 Å². The summed E-state index contributed by atoms with van der Waals surface area (Å²) in [6.07, 6.45) is 0.821. The highest BCUT2D eigenvalue weighted by atomic mass is 35.5. The van der Waals surface area contributed by atoms with Crippen LogP contribution in [0.25, 0.3) is 5.69 Å². The maximum atomic E-state index is 5.97. The molecule has 2 aromatic carbocycles. The zero-order valence-electron chi connectivity index (χ0n) is 14.0. The van der Waals surface area contributed by atoms with Crippen LogP contribution in [-0.4, -0.2) is 20.2 Å². The number of aryl methyl sites for hydroxylation is 1. The van der Waals surface area contributed by atoms with E-state index < -0.39 is 5.54 Å². The van der Waals surface area contributed by atoms with E-state index in [0.717, 1.165) is 23.6 Å². The van der Waals surface area contributed by atoms with Crippen LogP contribution in [0.3, 0.4) is 0 Å². The van der Waals surface area contributed by atoms with E-state index in [4.69, 9.17) is 11.6 Å². The molecule has 6 heteroatoms. The molecule has 5 nitrogen and oxygen atoms in total. The van der Waals surface area contributed by atoms with Gasteiger partial charge in [0.25, 0.3) is 0 Å². The molecule has 0 bridgehead atoms. The highest BCUT2D eigenvalue weighted by molar-refractivity contribution is 6.30. The molecule has 3 rings (SSSR count). The average molecular weight is 342 g/mol. The first kappa shape index (κ1) is 16.5. The monoisotopic (exact) mass is 341 g/mol. The zero-order valence-corrected chi connectivity index (χ0v) is 14.7. The van der Waals surface area contributed by atoms with Crippen LogP contribution in [0.2, 0.25) is 5.02 Å². The molecule has 0 saturated carbocycles. The van der Waals surface area contributed by atoms with Crippen LogP contribution in [-0.2, 0) is 5.54 Å². The van der Waals surface area contributed by atoms with Crippen molar-refractivity contribution < 1.29 is 0 Å². The summed E-state index contributed by atoms with van der Waals surface area (Å²) in [5.41, 5.74) is 2.70. The van der Waals surface area contributed by atoms with Gasteiger partial charge in [0.05, 0.1) is 11.2 Å². The molecule has 0 fully saturated rings. The highest BCUT2D eigenvalue weighted by Crippen LogP contribution is 2.29. The van der Waals surface area contributed by atoms with Crippen molar-refractivity contribution >= 4 is 17.3 Å². The minimum absolute atomic E-state index is 0.414. The second kappa shape index (κ2) is 6.61. The summed E-state index contributed by atoms with van der Waals surface area (Å²) >= 11 is 5.97. The van der Waals surface area contributed by atoms with Crippen LogP contribution < -0.4 is 5.32 Å². The maximum Gasteiger partial charge on any atom is 0.181 e. The van der Waals surface area contributed by atoms with Crippen molar-refractivity contribution in [3.8, 4) is 5.69 Å². The Morgan fingerprint density at radius 1 is 1.08 bits per heavy atom. The Morgan fingerprint density at radius 3 is 2.38 bits per heavy atom. The molecule has 0 aliphatic rings. The molecule has 1 atom stereocenters. The Morgan fingerprint density at radius 2 is 1.75 bits per heavy atom. The van der Waals surface area contributed by atoms with Gasteiger partial charge >= 0.3 is 0 Å². The van der Waals surface area contributed by atoms with E-state index in [9.17, 15) is 0 Å². The van der Waals surface area contributed by atoms with Gasteiger partial charge in [0, 0.05) is 10.7 Å². The van der Waals surface area contributed by atoms with Gasteiger partial charge in [0.2, 0.25) is 0 Å². The molecule has 0 aliphatic heterocycles. The van der Waals surface area contributed by atoms with Crippen LogP contribution in [0.15, 0.2) is 48.5 Å². The molecular formula is C18H20ClN5. The number of hydrogen-bond donors (Lipinski definition) is 1. The number of hydrogen-bond acceptors (Lipinski definition) is 4. The Balaban J connectivity index is 1.97. The fourth-order valence-electron chi connectivity index (χ4n) is 2.55. The third-order valence-electron chi connectivity index (χ3n) is 4.21. The summed E-state index contributed by atoms with van der Waals surface area (Å²) in [6, 6.07) is 15.8. The predicted octanol–water partition coefficient (Wildman–Crippen LogP) is 4.36. The van der Waals surface area contributed by atoms with Crippen LogP contribution in [0, 0.1) is 6.92 Å². The fraction of sp³-hybridized carbons (Fsp3) is 0.278. The Hall–Kier alpha value is -2.40. The molecule has 0 radical (unpaired) electrons. The van der Waals surface area contributed by atoms with Crippen molar-refractivity contribution in [2.75, 3.05) is 5.32 Å². The molecule has 1 N–H and O–H groups in total. The topological polar surface area (TPSA) is 55.6 Å². The van der Waals surface area contributed by atoms with E-state index in [2.05, 4.69) is 53.7 Å². The standard InChI is InChI=1S/C18H20ClN5/c1-4-18(3,20-15-9-7-14(19)8-10-15)17-21-22-23-24(17)16-11-5-13(2)6-12-16/h5-12,20H,4H2,1-3H3/t18-/m1/s1. The SMILES string of the molecule is CC[C@@](C)(Nc1ccc(Cl)cc1)c1nnnn1-c1ccc(C)cc1. The van der Waals surface area contributed by atoms with Crippen molar-refractivity contribution in [1.82, 2.24) is 20.2 Å². The first-order valence-electron chi connectivity index (χ1n) is 7.91. The Labute approximate surface area is 146 Å². The fourth-order valence-corrected chi connectivity index (χ4v) is 2.67. The summed E-state index contributed by atoms with van der Waals surface area (Å²) in [4.78, 5) is 0. The van der Waals surface area contributed by atoms with Crippen molar-refractivity contribution in [3.05, 3.63) is 64.9 Å². The van der Waals surface area contributed by atoms with Crippen molar-refractivity contribution in [3.63, 3.8) is 0 Å². The van der Waals surface area contributed by atoms with Crippen molar-refractivity contribution in [2.45, 2.75) is 32.7 Å². The number of nitrogens with zero attached hydrogens (tertiary/aromatic N) is 4. The van der Waals surface area contributed by atoms with Gasteiger partial charge in [0.1, 0.15) is 0 Å². The maximum absolute atomic E-state index is 5.97. The molecule has 0 amide bonds. The van der Waals surface area contributed by atoms with E-state index in [1.165, 1.54) is 5.56 Å². The molecule has 3 aromatic rings. The van der Waals surface area contributed by atoms with Crippen molar-refractivity contribution in [2.24, 2.45) is 0 Å². The lowest BCUT2D eigenvalue weighted by Crippen LogP contribution is -2.34. The molecule has 1 heterocycles. The summed E-state index contributed by atoms with van der Waals surface area (Å²) in [6.45, 7) is 6.26. The smallest absolute Gasteiger partial charge is 0.181 e. The zero-order chi connectivity index (χ0) is 17.2.